The van der Waals surface area contributed by atoms with Crippen molar-refractivity contribution in [3.63, 3.8) is 0 Å². The molecule has 0 spiro atoms. The number of benzene rings is 4. The maximum Gasteiger partial charge on any atom is 0.437 e. The topological polar surface area (TPSA) is 73.8 Å². The van der Waals surface area contributed by atoms with Crippen LogP contribution < -0.4 is 18.1 Å². The van der Waals surface area contributed by atoms with Crippen LogP contribution in [0.1, 0.15) is 0 Å². The summed E-state index contributed by atoms with van der Waals surface area (Å²) in [7, 11) is 0. The van der Waals surface area contributed by atoms with Crippen LogP contribution in [-0.4, -0.2) is 32.2 Å². The summed E-state index contributed by atoms with van der Waals surface area (Å²) in [5.41, 5.74) is 3.50. The quantitative estimate of drug-likeness (QED) is 0.213. The van der Waals surface area contributed by atoms with E-state index in [1.807, 2.05) is 97.1 Å². The van der Waals surface area contributed by atoms with Gasteiger partial charge in [0.2, 0.25) is 0 Å². The van der Waals surface area contributed by atoms with Crippen molar-refractivity contribution in [1.29, 1.82) is 0 Å². The van der Waals surface area contributed by atoms with Crippen molar-refractivity contribution in [2.75, 3.05) is 19.8 Å². The molecule has 0 radical (unpaired) electrons. The molecule has 0 aromatic heterocycles. The molecule has 0 bridgehead atoms. The van der Waals surface area contributed by atoms with E-state index in [4.69, 9.17) is 60.2 Å². The third-order valence-corrected chi connectivity index (χ3v) is 10.7. The molecule has 3 heterocycles. The molecule has 4 aromatic carbocycles. The molecule has 210 valence electrons. The summed E-state index contributed by atoms with van der Waals surface area (Å²) in [6.45, 7) is -6.25. The van der Waals surface area contributed by atoms with Gasteiger partial charge in [-0.1, -0.05) is 72.8 Å². The molecule has 0 saturated carbocycles. The van der Waals surface area contributed by atoms with E-state index < -0.39 is 25.8 Å². The first kappa shape index (κ1) is 27.1. The molecule has 41 heavy (non-hydrogen) atoms. The van der Waals surface area contributed by atoms with Crippen LogP contribution in [0.25, 0.3) is 22.3 Å². The first-order chi connectivity index (χ1) is 20.0. The van der Waals surface area contributed by atoms with Gasteiger partial charge in [0.25, 0.3) is 0 Å². The summed E-state index contributed by atoms with van der Waals surface area (Å²) >= 11 is 11.6. The largest absolute Gasteiger partial charge is 0.437 e. The van der Waals surface area contributed by atoms with Crippen LogP contribution in [0.15, 0.2) is 97.1 Å². The minimum absolute atomic E-state index is 0.0878. The third-order valence-electron chi connectivity index (χ3n) is 6.52. The minimum atomic E-state index is -3.33. The lowest BCUT2D eigenvalue weighted by Crippen LogP contribution is -2.25. The smallest absolute Gasteiger partial charge is 0.415 e. The Bertz CT molecular complexity index is 1470. The lowest BCUT2D eigenvalue weighted by atomic mass is 10.0. The molecule has 3 aliphatic rings. The van der Waals surface area contributed by atoms with Crippen LogP contribution in [0.4, 0.5) is 0 Å². The summed E-state index contributed by atoms with van der Waals surface area (Å²) in [4.78, 5) is 0. The predicted octanol–water partition coefficient (Wildman–Crippen LogP) is 7.49. The Morgan fingerprint density at radius 2 is 0.902 bits per heavy atom. The van der Waals surface area contributed by atoms with Gasteiger partial charge >= 0.3 is 13.4 Å². The Kier molecular flexibility index (Phi) is 7.35. The van der Waals surface area contributed by atoms with E-state index in [0.717, 1.165) is 22.3 Å². The molecule has 0 N–H and O–H groups in total. The van der Waals surface area contributed by atoms with Gasteiger partial charge in [0.15, 0.2) is 6.29 Å². The first-order valence-corrected chi connectivity index (χ1v) is 18.0. The number of rotatable bonds is 4. The van der Waals surface area contributed by atoms with Crippen LogP contribution in [0.2, 0.25) is 0 Å². The fourth-order valence-electron chi connectivity index (χ4n) is 4.74. The second kappa shape index (κ2) is 11.1. The van der Waals surface area contributed by atoms with Gasteiger partial charge in [-0.05, 0) is 24.3 Å². The Morgan fingerprint density at radius 1 is 0.512 bits per heavy atom. The molecule has 12 heteroatoms. The molecule has 0 amide bonds. The van der Waals surface area contributed by atoms with Gasteiger partial charge in [-0.2, -0.15) is 0 Å². The standard InChI is InChI=1S/C29H24O8P2S2/c40-38(33-25-13-5-1-9-21(25)22-10-2-6-14-26(22)34-38)32-20-17-30-19-29(31-18-20)37-39(41)35-27-15-7-3-11-23(27)24-12-4-8-16-28(24)36-39/h1-16,20,29H,17-19H2/t20-,29+/m0/s1. The molecule has 8 nitrogen and oxygen atoms in total. The fraction of sp³-hybridized carbons (Fsp3) is 0.172. The molecule has 2 atom stereocenters. The van der Waals surface area contributed by atoms with Crippen molar-refractivity contribution in [2.45, 2.75) is 12.4 Å². The van der Waals surface area contributed by atoms with E-state index in [9.17, 15) is 0 Å². The SMILES string of the molecule is S=P1(O[C@H]2COC[C@@H](OP3(=S)Oc4ccccc4-c4ccccc4O3)OC2)Oc2ccccc2-c2ccccc2O1. The highest BCUT2D eigenvalue weighted by molar-refractivity contribution is 8.08. The van der Waals surface area contributed by atoms with E-state index in [2.05, 4.69) is 0 Å². The van der Waals surface area contributed by atoms with Gasteiger partial charge in [-0.25, -0.2) is 0 Å². The van der Waals surface area contributed by atoms with Gasteiger partial charge in [0.05, 0.1) is 19.8 Å². The van der Waals surface area contributed by atoms with Crippen molar-refractivity contribution >= 4 is 37.1 Å². The van der Waals surface area contributed by atoms with Crippen molar-refractivity contribution in [2.24, 2.45) is 0 Å². The first-order valence-electron chi connectivity index (χ1n) is 12.9. The van der Waals surface area contributed by atoms with Crippen molar-refractivity contribution in [1.82, 2.24) is 0 Å². The molecule has 1 fully saturated rings. The highest BCUT2D eigenvalue weighted by atomic mass is 32.5. The number of fused-ring (bicyclic) bond motifs is 6. The Labute approximate surface area is 247 Å². The minimum Gasteiger partial charge on any atom is -0.415 e. The number of hydrogen-bond acceptors (Lipinski definition) is 10. The second-order valence-corrected chi connectivity index (χ2v) is 15.0. The van der Waals surface area contributed by atoms with Gasteiger partial charge in [0, 0.05) is 45.9 Å². The van der Waals surface area contributed by atoms with Crippen molar-refractivity contribution in [3.8, 4) is 45.3 Å². The highest BCUT2D eigenvalue weighted by Gasteiger charge is 2.38. The van der Waals surface area contributed by atoms with Crippen LogP contribution in [-0.2, 0) is 42.1 Å². The average molecular weight is 627 g/mol. The molecule has 7 rings (SSSR count). The van der Waals surface area contributed by atoms with Gasteiger partial charge < -0.3 is 27.6 Å². The maximum atomic E-state index is 6.27. The molecule has 3 aliphatic heterocycles. The van der Waals surface area contributed by atoms with Crippen LogP contribution in [0.5, 0.6) is 23.0 Å². The van der Waals surface area contributed by atoms with Crippen molar-refractivity contribution < 1.29 is 36.6 Å². The number of hydrogen-bond donors (Lipinski definition) is 0. The van der Waals surface area contributed by atoms with Crippen molar-refractivity contribution in [3.05, 3.63) is 97.1 Å². The predicted molar refractivity (Wildman–Crippen MR) is 161 cm³/mol. The molecular formula is C29H24O8P2S2. The zero-order chi connectivity index (χ0) is 27.9. The van der Waals surface area contributed by atoms with E-state index >= 15 is 0 Å². The molecule has 1 saturated heterocycles. The van der Waals surface area contributed by atoms with Gasteiger partial charge in [0.1, 0.15) is 29.1 Å². The number of para-hydroxylation sites is 4. The fourth-order valence-corrected chi connectivity index (χ4v) is 9.10. The summed E-state index contributed by atoms with van der Waals surface area (Å²) in [5, 5.41) is 0. The zero-order valence-corrected chi connectivity index (χ0v) is 24.9. The second-order valence-electron chi connectivity index (χ2n) is 9.38. The normalized spacial score (nSPS) is 21.8. The monoisotopic (exact) mass is 626 g/mol. The zero-order valence-electron chi connectivity index (χ0n) is 21.5. The van der Waals surface area contributed by atoms with Gasteiger partial charge in [-0.15, -0.1) is 0 Å². The van der Waals surface area contributed by atoms with Gasteiger partial charge in [-0.3, -0.25) is 9.05 Å². The lowest BCUT2D eigenvalue weighted by Gasteiger charge is -2.26. The summed E-state index contributed by atoms with van der Waals surface area (Å²) in [6, 6.07) is 30.5. The van der Waals surface area contributed by atoms with E-state index in [-0.39, 0.29) is 19.8 Å². The average Bonchev–Trinajstić information content (AvgIpc) is 3.31. The van der Waals surface area contributed by atoms with Crippen LogP contribution in [0, 0.1) is 0 Å². The molecule has 4 aromatic rings. The van der Waals surface area contributed by atoms with Crippen LogP contribution in [0.3, 0.4) is 0 Å². The lowest BCUT2D eigenvalue weighted by molar-refractivity contribution is -0.105. The molecular weight excluding hydrogens is 602 g/mol. The Hall–Kier alpha value is -2.78. The number of ether oxygens (including phenoxy) is 2. The third kappa shape index (κ3) is 5.67. The highest BCUT2D eigenvalue weighted by Crippen LogP contribution is 2.59. The Morgan fingerprint density at radius 3 is 1.34 bits per heavy atom. The van der Waals surface area contributed by atoms with E-state index in [0.29, 0.717) is 23.0 Å². The van der Waals surface area contributed by atoms with E-state index in [1.165, 1.54) is 0 Å². The summed E-state index contributed by atoms with van der Waals surface area (Å²) < 4.78 is 49.1. The van der Waals surface area contributed by atoms with E-state index in [1.54, 1.807) is 0 Å². The maximum absolute atomic E-state index is 6.27. The van der Waals surface area contributed by atoms with Crippen LogP contribution >= 0.6 is 13.4 Å². The summed E-state index contributed by atoms with van der Waals surface area (Å²) in [5.74, 6) is 2.35. The Balaban J connectivity index is 1.07. The summed E-state index contributed by atoms with van der Waals surface area (Å²) in [6.07, 6.45) is -1.44. The molecule has 0 aliphatic carbocycles. The molecule has 0 unspecified atom stereocenters.